The van der Waals surface area contributed by atoms with E-state index in [1.165, 1.54) is 0 Å². The molecule has 0 aliphatic heterocycles. The minimum absolute atomic E-state index is 0.578. The van der Waals surface area contributed by atoms with E-state index in [0.29, 0.717) is 16.6 Å². The standard InChI is InChI=1S/C12H13Cl2N3/c1-8-11(7-17(2)16-8)15-6-9-4-3-5-10(13)12(9)14/h3-5,7,15H,6H2,1-2H3. The average Bonchev–Trinajstić information content (AvgIpc) is 2.60. The summed E-state index contributed by atoms with van der Waals surface area (Å²) in [6, 6.07) is 5.62. The highest BCUT2D eigenvalue weighted by Crippen LogP contribution is 2.26. The van der Waals surface area contributed by atoms with E-state index in [1.807, 2.05) is 32.3 Å². The van der Waals surface area contributed by atoms with Gasteiger partial charge >= 0.3 is 0 Å². The zero-order chi connectivity index (χ0) is 12.4. The summed E-state index contributed by atoms with van der Waals surface area (Å²) < 4.78 is 1.78. The van der Waals surface area contributed by atoms with Crippen LogP contribution in [-0.4, -0.2) is 9.78 Å². The maximum absolute atomic E-state index is 6.11. The second kappa shape index (κ2) is 4.98. The highest BCUT2D eigenvalue weighted by Gasteiger charge is 2.06. The predicted molar refractivity (Wildman–Crippen MR) is 71.7 cm³/mol. The summed E-state index contributed by atoms with van der Waals surface area (Å²) in [5, 5.41) is 8.73. The monoisotopic (exact) mass is 269 g/mol. The van der Waals surface area contributed by atoms with Crippen molar-refractivity contribution in [2.45, 2.75) is 13.5 Å². The number of hydrogen-bond acceptors (Lipinski definition) is 2. The lowest BCUT2D eigenvalue weighted by atomic mass is 10.2. The molecule has 1 heterocycles. The van der Waals surface area contributed by atoms with Crippen molar-refractivity contribution in [1.82, 2.24) is 9.78 Å². The summed E-state index contributed by atoms with van der Waals surface area (Å²) in [7, 11) is 1.89. The molecule has 0 unspecified atom stereocenters. The number of nitrogens with one attached hydrogen (secondary N) is 1. The highest BCUT2D eigenvalue weighted by atomic mass is 35.5. The van der Waals surface area contributed by atoms with Crippen LogP contribution < -0.4 is 5.32 Å². The molecular formula is C12H13Cl2N3. The molecule has 0 bridgehead atoms. The summed E-state index contributed by atoms with van der Waals surface area (Å²) in [6.07, 6.45) is 1.94. The van der Waals surface area contributed by atoms with Crippen LogP contribution in [0.3, 0.4) is 0 Å². The number of rotatable bonds is 3. The molecule has 2 aromatic rings. The molecular weight excluding hydrogens is 257 g/mol. The second-order valence-electron chi connectivity index (χ2n) is 3.87. The summed E-state index contributed by atoms with van der Waals surface area (Å²) in [5.41, 5.74) is 2.94. The molecule has 0 saturated heterocycles. The van der Waals surface area contributed by atoms with E-state index in [4.69, 9.17) is 23.2 Å². The zero-order valence-corrected chi connectivity index (χ0v) is 11.2. The van der Waals surface area contributed by atoms with E-state index >= 15 is 0 Å². The minimum atomic E-state index is 0.578. The van der Waals surface area contributed by atoms with Crippen LogP contribution in [0.25, 0.3) is 0 Å². The van der Waals surface area contributed by atoms with Crippen LogP contribution in [0.2, 0.25) is 10.0 Å². The first-order valence-electron chi connectivity index (χ1n) is 5.25. The lowest BCUT2D eigenvalue weighted by molar-refractivity contribution is 0.756. The van der Waals surface area contributed by atoms with Gasteiger partial charge in [-0.1, -0.05) is 35.3 Å². The normalized spacial score (nSPS) is 10.6. The fourth-order valence-electron chi connectivity index (χ4n) is 1.65. The quantitative estimate of drug-likeness (QED) is 0.922. The molecule has 0 fully saturated rings. The number of aromatic nitrogens is 2. The Morgan fingerprint density at radius 2 is 2.12 bits per heavy atom. The maximum Gasteiger partial charge on any atom is 0.0825 e. The van der Waals surface area contributed by atoms with Crippen LogP contribution in [0.4, 0.5) is 5.69 Å². The van der Waals surface area contributed by atoms with Crippen LogP contribution in [0.5, 0.6) is 0 Å². The van der Waals surface area contributed by atoms with Gasteiger partial charge in [0.15, 0.2) is 0 Å². The van der Waals surface area contributed by atoms with E-state index < -0.39 is 0 Å². The Hall–Kier alpha value is -1.19. The number of nitrogens with zero attached hydrogens (tertiary/aromatic N) is 2. The lowest BCUT2D eigenvalue weighted by Gasteiger charge is -2.07. The van der Waals surface area contributed by atoms with Crippen molar-refractivity contribution in [1.29, 1.82) is 0 Å². The molecule has 0 saturated carbocycles. The highest BCUT2D eigenvalue weighted by molar-refractivity contribution is 6.42. The third-order valence-electron chi connectivity index (χ3n) is 2.51. The molecule has 5 heteroatoms. The summed E-state index contributed by atoms with van der Waals surface area (Å²) in [4.78, 5) is 0. The molecule has 0 aliphatic rings. The van der Waals surface area contributed by atoms with Crippen molar-refractivity contribution in [2.24, 2.45) is 7.05 Å². The van der Waals surface area contributed by atoms with Crippen LogP contribution in [0.1, 0.15) is 11.3 Å². The van der Waals surface area contributed by atoms with Crippen LogP contribution in [0, 0.1) is 6.92 Å². The Labute approximate surface area is 110 Å². The van der Waals surface area contributed by atoms with Crippen LogP contribution >= 0.6 is 23.2 Å². The van der Waals surface area contributed by atoms with Gasteiger partial charge in [-0.3, -0.25) is 4.68 Å². The molecule has 0 atom stereocenters. The first-order chi connectivity index (χ1) is 8.08. The second-order valence-corrected chi connectivity index (χ2v) is 4.65. The lowest BCUT2D eigenvalue weighted by Crippen LogP contribution is -2.00. The molecule has 17 heavy (non-hydrogen) atoms. The third kappa shape index (κ3) is 2.73. The number of hydrogen-bond donors (Lipinski definition) is 1. The molecule has 1 N–H and O–H groups in total. The average molecular weight is 270 g/mol. The molecule has 3 nitrogen and oxygen atoms in total. The Kier molecular flexibility index (Phi) is 3.60. The van der Waals surface area contributed by atoms with Gasteiger partial charge in [-0.25, -0.2) is 0 Å². The van der Waals surface area contributed by atoms with Crippen LogP contribution in [-0.2, 0) is 13.6 Å². The first-order valence-corrected chi connectivity index (χ1v) is 6.00. The molecule has 1 aromatic heterocycles. The van der Waals surface area contributed by atoms with E-state index in [-0.39, 0.29) is 0 Å². The van der Waals surface area contributed by atoms with Crippen molar-refractivity contribution >= 4 is 28.9 Å². The van der Waals surface area contributed by atoms with Gasteiger partial charge in [0, 0.05) is 19.8 Å². The molecule has 0 aliphatic carbocycles. The molecule has 90 valence electrons. The van der Waals surface area contributed by atoms with E-state index in [9.17, 15) is 0 Å². The van der Waals surface area contributed by atoms with Gasteiger partial charge in [-0.2, -0.15) is 5.10 Å². The zero-order valence-electron chi connectivity index (χ0n) is 9.67. The van der Waals surface area contributed by atoms with Gasteiger partial charge in [0.2, 0.25) is 0 Å². The van der Waals surface area contributed by atoms with Gasteiger partial charge in [0.25, 0.3) is 0 Å². The molecule has 0 radical (unpaired) electrons. The van der Waals surface area contributed by atoms with E-state index in [0.717, 1.165) is 16.9 Å². The Balaban J connectivity index is 2.12. The SMILES string of the molecule is Cc1nn(C)cc1NCc1cccc(Cl)c1Cl. The maximum atomic E-state index is 6.11. The molecule has 2 rings (SSSR count). The largest absolute Gasteiger partial charge is 0.378 e. The van der Waals surface area contributed by atoms with E-state index in [1.54, 1.807) is 10.7 Å². The van der Waals surface area contributed by atoms with Gasteiger partial charge in [0.1, 0.15) is 0 Å². The smallest absolute Gasteiger partial charge is 0.0825 e. The molecule has 1 aromatic carbocycles. The van der Waals surface area contributed by atoms with Gasteiger partial charge in [0.05, 0.1) is 21.4 Å². The summed E-state index contributed by atoms with van der Waals surface area (Å²) in [6.45, 7) is 2.59. The van der Waals surface area contributed by atoms with Crippen molar-refractivity contribution in [2.75, 3.05) is 5.32 Å². The fraction of sp³-hybridized carbons (Fsp3) is 0.250. The number of anilines is 1. The topological polar surface area (TPSA) is 29.9 Å². The Bertz CT molecular complexity index is 535. The van der Waals surface area contributed by atoms with Crippen molar-refractivity contribution < 1.29 is 0 Å². The Morgan fingerprint density at radius 1 is 1.35 bits per heavy atom. The minimum Gasteiger partial charge on any atom is -0.378 e. The number of aryl methyl sites for hydroxylation is 2. The van der Waals surface area contributed by atoms with Crippen molar-refractivity contribution in [3.05, 3.63) is 45.7 Å². The van der Waals surface area contributed by atoms with E-state index in [2.05, 4.69) is 10.4 Å². The van der Waals surface area contributed by atoms with Crippen molar-refractivity contribution in [3.8, 4) is 0 Å². The summed E-state index contributed by atoms with van der Waals surface area (Å²) >= 11 is 12.1. The molecule has 0 spiro atoms. The Morgan fingerprint density at radius 3 is 2.76 bits per heavy atom. The van der Waals surface area contributed by atoms with Crippen molar-refractivity contribution in [3.63, 3.8) is 0 Å². The molecule has 0 amide bonds. The summed E-state index contributed by atoms with van der Waals surface area (Å²) in [5.74, 6) is 0. The van der Waals surface area contributed by atoms with Gasteiger partial charge < -0.3 is 5.32 Å². The van der Waals surface area contributed by atoms with Gasteiger partial charge in [-0.15, -0.1) is 0 Å². The van der Waals surface area contributed by atoms with Gasteiger partial charge in [-0.05, 0) is 18.6 Å². The third-order valence-corrected chi connectivity index (χ3v) is 3.37. The first kappa shape index (κ1) is 12.3. The van der Waals surface area contributed by atoms with Crippen LogP contribution in [0.15, 0.2) is 24.4 Å². The number of halogens is 2. The number of benzene rings is 1. The predicted octanol–water partition coefficient (Wildman–Crippen LogP) is 3.65. The fourth-order valence-corrected chi connectivity index (χ4v) is 2.04.